The first-order valence-electron chi connectivity index (χ1n) is 8.50. The van der Waals surface area contributed by atoms with E-state index in [0.717, 1.165) is 10.4 Å². The van der Waals surface area contributed by atoms with Gasteiger partial charge in [0.2, 0.25) is 0 Å². The summed E-state index contributed by atoms with van der Waals surface area (Å²) in [4.78, 5) is 14.2. The second-order valence-corrected chi connectivity index (χ2v) is 7.41. The van der Waals surface area contributed by atoms with Gasteiger partial charge < -0.3 is 24.6 Å². The van der Waals surface area contributed by atoms with Gasteiger partial charge in [-0.3, -0.25) is 4.79 Å². The maximum absolute atomic E-state index is 12.7. The number of benzene rings is 1. The lowest BCUT2D eigenvalue weighted by molar-refractivity contribution is -0.00286. The smallest absolute Gasteiger partial charge is 0.265 e. The predicted octanol–water partition coefficient (Wildman–Crippen LogP) is 2.52. The normalized spacial score (nSPS) is 19.8. The predicted molar refractivity (Wildman–Crippen MR) is 99.1 cm³/mol. The van der Waals surface area contributed by atoms with Crippen LogP contribution in [-0.4, -0.2) is 43.5 Å². The number of thiophene rings is 1. The highest BCUT2D eigenvalue weighted by Gasteiger charge is 2.30. The Bertz CT molecular complexity index is 743. The number of hydrogen-bond donors (Lipinski definition) is 2. The van der Waals surface area contributed by atoms with Crippen LogP contribution in [-0.2, 0) is 11.3 Å². The van der Waals surface area contributed by atoms with E-state index in [1.807, 2.05) is 37.3 Å². The minimum absolute atomic E-state index is 0.00169. The summed E-state index contributed by atoms with van der Waals surface area (Å²) >= 11 is 1.40. The van der Waals surface area contributed by atoms with Crippen LogP contribution in [0, 0.1) is 6.92 Å². The Morgan fingerprint density at radius 1 is 1.38 bits per heavy atom. The Balaban J connectivity index is 1.68. The average molecular weight is 377 g/mol. The van der Waals surface area contributed by atoms with Crippen LogP contribution < -0.4 is 14.8 Å². The maximum Gasteiger partial charge on any atom is 0.265 e. The highest BCUT2D eigenvalue weighted by Crippen LogP contribution is 2.29. The molecule has 2 heterocycles. The van der Waals surface area contributed by atoms with E-state index in [0.29, 0.717) is 36.0 Å². The quantitative estimate of drug-likeness (QED) is 0.809. The highest BCUT2D eigenvalue weighted by atomic mass is 32.1. The van der Waals surface area contributed by atoms with Gasteiger partial charge in [-0.2, -0.15) is 0 Å². The Morgan fingerprint density at radius 3 is 2.85 bits per heavy atom. The van der Waals surface area contributed by atoms with Crippen molar-refractivity contribution in [3.63, 3.8) is 0 Å². The molecule has 0 radical (unpaired) electrons. The average Bonchev–Trinajstić information content (AvgIpc) is 3.05. The van der Waals surface area contributed by atoms with Gasteiger partial charge >= 0.3 is 0 Å². The van der Waals surface area contributed by atoms with Gasteiger partial charge in [0.15, 0.2) is 0 Å². The molecule has 7 heteroatoms. The molecule has 1 aromatic carbocycles. The van der Waals surface area contributed by atoms with Crippen LogP contribution in [0.1, 0.15) is 26.5 Å². The van der Waals surface area contributed by atoms with E-state index in [-0.39, 0.29) is 24.7 Å². The van der Waals surface area contributed by atoms with Crippen molar-refractivity contribution in [3.05, 3.63) is 45.6 Å². The van der Waals surface area contributed by atoms with E-state index in [1.165, 1.54) is 11.3 Å². The SMILES string of the molecule is COc1cc(C)sc1C(=O)N[C@@H]1COCC[C@H]1Oc1ccc(CO)cc1. The molecular weight excluding hydrogens is 354 g/mol. The number of aliphatic hydroxyl groups excluding tert-OH is 1. The summed E-state index contributed by atoms with van der Waals surface area (Å²) < 4.78 is 16.9. The molecule has 1 aliphatic heterocycles. The van der Waals surface area contributed by atoms with Crippen LogP contribution in [0.2, 0.25) is 0 Å². The van der Waals surface area contributed by atoms with Crippen LogP contribution >= 0.6 is 11.3 Å². The molecule has 0 aliphatic carbocycles. The van der Waals surface area contributed by atoms with Gasteiger partial charge in [0.25, 0.3) is 5.91 Å². The van der Waals surface area contributed by atoms with Gasteiger partial charge in [-0.05, 0) is 30.7 Å². The third kappa shape index (κ3) is 4.35. The lowest BCUT2D eigenvalue weighted by Gasteiger charge is -2.32. The molecule has 1 aromatic heterocycles. The largest absolute Gasteiger partial charge is 0.495 e. The summed E-state index contributed by atoms with van der Waals surface area (Å²) in [5, 5.41) is 12.1. The monoisotopic (exact) mass is 377 g/mol. The van der Waals surface area contributed by atoms with Gasteiger partial charge in [-0.25, -0.2) is 0 Å². The van der Waals surface area contributed by atoms with Crippen LogP contribution in [0.5, 0.6) is 11.5 Å². The first kappa shape index (κ1) is 18.7. The molecule has 2 aromatic rings. The maximum atomic E-state index is 12.7. The second-order valence-electron chi connectivity index (χ2n) is 6.16. The number of methoxy groups -OCH3 is 1. The number of rotatable bonds is 6. The Labute approximate surface area is 156 Å². The van der Waals surface area contributed by atoms with Crippen molar-refractivity contribution in [2.24, 2.45) is 0 Å². The standard InChI is InChI=1S/C19H23NO5S/c1-12-9-17(23-2)18(26-12)19(22)20-15-11-24-8-7-16(15)25-14-5-3-13(10-21)4-6-14/h3-6,9,15-16,21H,7-8,10-11H2,1-2H3,(H,20,22)/t15-,16-/m1/s1. The fourth-order valence-corrected chi connectivity index (χ4v) is 3.76. The molecule has 0 spiro atoms. The third-order valence-electron chi connectivity index (χ3n) is 4.25. The molecule has 1 amide bonds. The van der Waals surface area contributed by atoms with Gasteiger partial charge in [0, 0.05) is 11.3 Å². The second kappa shape index (κ2) is 8.53. The molecule has 0 saturated carbocycles. The molecule has 2 N–H and O–H groups in total. The van der Waals surface area contributed by atoms with Crippen molar-refractivity contribution in [1.29, 1.82) is 0 Å². The lowest BCUT2D eigenvalue weighted by Crippen LogP contribution is -2.51. The minimum Gasteiger partial charge on any atom is -0.495 e. The topological polar surface area (TPSA) is 77.0 Å². The number of carbonyl (C=O) groups excluding carboxylic acids is 1. The number of amides is 1. The Morgan fingerprint density at radius 2 is 2.15 bits per heavy atom. The number of ether oxygens (including phenoxy) is 3. The zero-order valence-electron chi connectivity index (χ0n) is 14.9. The van der Waals surface area contributed by atoms with Gasteiger partial charge in [0.05, 0.1) is 33.0 Å². The van der Waals surface area contributed by atoms with Crippen molar-refractivity contribution >= 4 is 17.2 Å². The molecular formula is C19H23NO5S. The fourth-order valence-electron chi connectivity index (χ4n) is 2.88. The molecule has 6 nitrogen and oxygen atoms in total. The zero-order chi connectivity index (χ0) is 18.5. The molecule has 1 saturated heterocycles. The van der Waals surface area contributed by atoms with Crippen molar-refractivity contribution in [2.75, 3.05) is 20.3 Å². The molecule has 1 aliphatic rings. The number of aryl methyl sites for hydroxylation is 1. The number of nitrogens with one attached hydrogen (secondary N) is 1. The molecule has 0 bridgehead atoms. The Hall–Kier alpha value is -2.09. The van der Waals surface area contributed by atoms with Gasteiger partial charge in [-0.15, -0.1) is 11.3 Å². The van der Waals surface area contributed by atoms with Crippen LogP contribution in [0.3, 0.4) is 0 Å². The Kier molecular flexibility index (Phi) is 6.13. The molecule has 26 heavy (non-hydrogen) atoms. The van der Waals surface area contributed by atoms with Gasteiger partial charge in [0.1, 0.15) is 22.5 Å². The van der Waals surface area contributed by atoms with E-state index in [4.69, 9.17) is 19.3 Å². The first-order valence-corrected chi connectivity index (χ1v) is 9.32. The zero-order valence-corrected chi connectivity index (χ0v) is 15.7. The third-order valence-corrected chi connectivity index (χ3v) is 5.28. The number of carbonyl (C=O) groups is 1. The molecule has 1 fully saturated rings. The molecule has 3 rings (SSSR count). The van der Waals surface area contributed by atoms with Crippen LogP contribution in [0.4, 0.5) is 0 Å². The van der Waals surface area contributed by atoms with Gasteiger partial charge in [-0.1, -0.05) is 12.1 Å². The van der Waals surface area contributed by atoms with E-state index in [1.54, 1.807) is 7.11 Å². The van der Waals surface area contributed by atoms with Crippen molar-refractivity contribution < 1.29 is 24.1 Å². The molecule has 0 unspecified atom stereocenters. The van der Waals surface area contributed by atoms with Crippen molar-refractivity contribution in [2.45, 2.75) is 32.1 Å². The summed E-state index contributed by atoms with van der Waals surface area (Å²) in [6.45, 7) is 2.93. The van der Waals surface area contributed by atoms with Crippen molar-refractivity contribution in [3.8, 4) is 11.5 Å². The lowest BCUT2D eigenvalue weighted by atomic mass is 10.1. The summed E-state index contributed by atoms with van der Waals surface area (Å²) in [7, 11) is 1.56. The summed E-state index contributed by atoms with van der Waals surface area (Å²) in [5.74, 6) is 1.11. The summed E-state index contributed by atoms with van der Waals surface area (Å²) in [5.41, 5.74) is 0.828. The minimum atomic E-state index is -0.249. The van der Waals surface area contributed by atoms with E-state index < -0.39 is 0 Å². The van der Waals surface area contributed by atoms with E-state index in [9.17, 15) is 4.79 Å². The summed E-state index contributed by atoms with van der Waals surface area (Å²) in [6.07, 6.45) is 0.507. The van der Waals surface area contributed by atoms with E-state index >= 15 is 0 Å². The van der Waals surface area contributed by atoms with E-state index in [2.05, 4.69) is 5.32 Å². The molecule has 140 valence electrons. The fraction of sp³-hybridized carbons (Fsp3) is 0.421. The van der Waals surface area contributed by atoms with Crippen LogP contribution in [0.25, 0.3) is 0 Å². The number of hydrogen-bond acceptors (Lipinski definition) is 6. The molecule has 2 atom stereocenters. The van der Waals surface area contributed by atoms with Crippen LogP contribution in [0.15, 0.2) is 30.3 Å². The number of aliphatic hydroxyl groups is 1. The first-order chi connectivity index (χ1) is 12.6. The highest BCUT2D eigenvalue weighted by molar-refractivity contribution is 7.14. The van der Waals surface area contributed by atoms with Crippen molar-refractivity contribution in [1.82, 2.24) is 5.32 Å². The summed E-state index contributed by atoms with van der Waals surface area (Å²) in [6, 6.07) is 8.90.